The van der Waals surface area contributed by atoms with E-state index in [-0.39, 0.29) is 12.0 Å². The van der Waals surface area contributed by atoms with E-state index < -0.39 is 0 Å². The van der Waals surface area contributed by atoms with Crippen molar-refractivity contribution in [3.63, 3.8) is 0 Å². The van der Waals surface area contributed by atoms with Crippen LogP contribution in [0.1, 0.15) is 25.7 Å². The van der Waals surface area contributed by atoms with Crippen molar-refractivity contribution < 1.29 is 9.53 Å². The van der Waals surface area contributed by atoms with Crippen molar-refractivity contribution in [1.82, 2.24) is 25.1 Å². The summed E-state index contributed by atoms with van der Waals surface area (Å²) in [7, 11) is 0. The summed E-state index contributed by atoms with van der Waals surface area (Å²) in [5.41, 5.74) is 0. The van der Waals surface area contributed by atoms with E-state index >= 15 is 0 Å². The van der Waals surface area contributed by atoms with Crippen LogP contribution in [-0.2, 0) is 16.1 Å². The number of amides is 1. The molecule has 1 aliphatic heterocycles. The lowest BCUT2D eigenvalue weighted by Gasteiger charge is -2.33. The average molecular weight is 265 g/mol. The molecule has 1 saturated carbocycles. The van der Waals surface area contributed by atoms with E-state index in [2.05, 4.69) is 15.5 Å². The molecule has 2 fully saturated rings. The number of ether oxygens (including phenoxy) is 1. The van der Waals surface area contributed by atoms with Crippen LogP contribution in [0, 0.1) is 5.92 Å². The quantitative estimate of drug-likeness (QED) is 0.754. The topological polar surface area (TPSA) is 73.1 Å². The van der Waals surface area contributed by atoms with Gasteiger partial charge in [0.05, 0.1) is 12.7 Å². The summed E-state index contributed by atoms with van der Waals surface area (Å²) >= 11 is 0. The largest absolute Gasteiger partial charge is 0.374 e. The Labute approximate surface area is 111 Å². The number of aromatic nitrogens is 4. The van der Waals surface area contributed by atoms with Gasteiger partial charge in [0.1, 0.15) is 6.33 Å². The molecular formula is C12H19N5O2. The Kier molecular flexibility index (Phi) is 3.72. The first-order valence-corrected chi connectivity index (χ1v) is 6.93. The molecule has 3 rings (SSSR count). The fourth-order valence-electron chi connectivity index (χ4n) is 2.49. The molecular weight excluding hydrogens is 246 g/mol. The third-order valence-electron chi connectivity index (χ3n) is 3.76. The van der Waals surface area contributed by atoms with Gasteiger partial charge in [0.25, 0.3) is 0 Å². The highest BCUT2D eigenvalue weighted by molar-refractivity contribution is 5.76. The summed E-state index contributed by atoms with van der Waals surface area (Å²) in [6.07, 6.45) is 5.68. The van der Waals surface area contributed by atoms with Crippen LogP contribution in [-0.4, -0.2) is 56.8 Å². The van der Waals surface area contributed by atoms with E-state index in [1.165, 1.54) is 12.8 Å². The number of tetrazole rings is 1. The van der Waals surface area contributed by atoms with Gasteiger partial charge in [0.2, 0.25) is 5.91 Å². The first-order valence-electron chi connectivity index (χ1n) is 6.93. The Morgan fingerprint density at radius 1 is 1.42 bits per heavy atom. The van der Waals surface area contributed by atoms with Crippen LogP contribution in [0.4, 0.5) is 0 Å². The standard InChI is InChI=1S/C12H19N5O2/c18-12(2-1-5-17-9-13-14-15-17)16-6-7-19-11(8-16)10-3-4-10/h9-11H,1-8H2/t11-/m0/s1. The summed E-state index contributed by atoms with van der Waals surface area (Å²) in [6.45, 7) is 2.87. The van der Waals surface area contributed by atoms with Gasteiger partial charge in [-0.05, 0) is 35.6 Å². The molecule has 0 bridgehead atoms. The molecule has 1 saturated heterocycles. The highest BCUT2D eigenvalue weighted by atomic mass is 16.5. The minimum Gasteiger partial charge on any atom is -0.374 e. The molecule has 2 heterocycles. The van der Waals surface area contributed by atoms with E-state index in [0.717, 1.165) is 19.5 Å². The number of carbonyl (C=O) groups is 1. The minimum absolute atomic E-state index is 0.224. The number of morpholine rings is 1. The van der Waals surface area contributed by atoms with Gasteiger partial charge in [-0.2, -0.15) is 0 Å². The molecule has 1 aromatic rings. The fourth-order valence-corrected chi connectivity index (χ4v) is 2.49. The number of aryl methyl sites for hydroxylation is 1. The highest BCUT2D eigenvalue weighted by Crippen LogP contribution is 2.35. The smallest absolute Gasteiger partial charge is 0.222 e. The zero-order chi connectivity index (χ0) is 13.1. The van der Waals surface area contributed by atoms with Gasteiger partial charge in [-0.15, -0.1) is 5.10 Å². The maximum absolute atomic E-state index is 12.1. The summed E-state index contributed by atoms with van der Waals surface area (Å²) in [5, 5.41) is 10.9. The van der Waals surface area contributed by atoms with E-state index in [0.29, 0.717) is 25.5 Å². The first kappa shape index (κ1) is 12.5. The van der Waals surface area contributed by atoms with Crippen molar-refractivity contribution in [3.8, 4) is 0 Å². The number of hydrogen-bond acceptors (Lipinski definition) is 5. The lowest BCUT2D eigenvalue weighted by molar-refractivity contribution is -0.139. The van der Waals surface area contributed by atoms with Crippen LogP contribution in [0.5, 0.6) is 0 Å². The third-order valence-corrected chi connectivity index (χ3v) is 3.76. The van der Waals surface area contributed by atoms with Gasteiger partial charge in [0.15, 0.2) is 0 Å². The summed E-state index contributed by atoms with van der Waals surface area (Å²) < 4.78 is 7.37. The summed E-state index contributed by atoms with van der Waals surface area (Å²) in [6, 6.07) is 0. The van der Waals surface area contributed by atoms with Gasteiger partial charge in [-0.1, -0.05) is 0 Å². The van der Waals surface area contributed by atoms with Crippen molar-refractivity contribution in [1.29, 1.82) is 0 Å². The molecule has 1 aliphatic carbocycles. The molecule has 104 valence electrons. The van der Waals surface area contributed by atoms with Gasteiger partial charge < -0.3 is 9.64 Å². The molecule has 2 aliphatic rings. The second kappa shape index (κ2) is 5.64. The molecule has 0 aromatic carbocycles. The van der Waals surface area contributed by atoms with E-state index in [4.69, 9.17) is 4.74 Å². The van der Waals surface area contributed by atoms with Crippen LogP contribution in [0.3, 0.4) is 0 Å². The predicted octanol–water partition coefficient (Wildman–Crippen LogP) is 0.0907. The molecule has 0 unspecified atom stereocenters. The molecule has 0 N–H and O–H groups in total. The molecule has 19 heavy (non-hydrogen) atoms. The zero-order valence-electron chi connectivity index (χ0n) is 10.9. The lowest BCUT2D eigenvalue weighted by atomic mass is 10.1. The average Bonchev–Trinajstić information content (AvgIpc) is 3.17. The first-order chi connectivity index (χ1) is 9.33. The molecule has 7 heteroatoms. The molecule has 0 spiro atoms. The maximum atomic E-state index is 12.1. The third kappa shape index (κ3) is 3.28. The fraction of sp³-hybridized carbons (Fsp3) is 0.833. The van der Waals surface area contributed by atoms with Gasteiger partial charge in [-0.25, -0.2) is 4.68 Å². The minimum atomic E-state index is 0.224. The Bertz CT molecular complexity index is 418. The van der Waals surface area contributed by atoms with Crippen LogP contribution in [0.25, 0.3) is 0 Å². The Morgan fingerprint density at radius 3 is 3.05 bits per heavy atom. The highest BCUT2D eigenvalue weighted by Gasteiger charge is 2.36. The molecule has 7 nitrogen and oxygen atoms in total. The zero-order valence-corrected chi connectivity index (χ0v) is 10.9. The van der Waals surface area contributed by atoms with Crippen LogP contribution >= 0.6 is 0 Å². The monoisotopic (exact) mass is 265 g/mol. The molecule has 0 radical (unpaired) electrons. The van der Waals surface area contributed by atoms with Gasteiger partial charge >= 0.3 is 0 Å². The van der Waals surface area contributed by atoms with Gasteiger partial charge in [0, 0.05) is 26.1 Å². The van der Waals surface area contributed by atoms with Crippen LogP contribution in [0.2, 0.25) is 0 Å². The van der Waals surface area contributed by atoms with E-state index in [1.54, 1.807) is 11.0 Å². The van der Waals surface area contributed by atoms with E-state index in [9.17, 15) is 4.79 Å². The number of nitrogens with zero attached hydrogens (tertiary/aromatic N) is 5. The van der Waals surface area contributed by atoms with Crippen LogP contribution < -0.4 is 0 Å². The Hall–Kier alpha value is -1.50. The molecule has 1 atom stereocenters. The Balaban J connectivity index is 1.41. The van der Waals surface area contributed by atoms with Crippen molar-refractivity contribution >= 4 is 5.91 Å². The number of carbonyl (C=O) groups excluding carboxylic acids is 1. The SMILES string of the molecule is O=C(CCCn1cnnn1)N1CCO[C@H](C2CC2)C1. The number of rotatable bonds is 5. The van der Waals surface area contributed by atoms with Crippen molar-refractivity contribution in [2.45, 2.75) is 38.3 Å². The summed E-state index contributed by atoms with van der Waals surface area (Å²) in [4.78, 5) is 14.1. The second-order valence-electron chi connectivity index (χ2n) is 5.26. The maximum Gasteiger partial charge on any atom is 0.222 e. The molecule has 1 aromatic heterocycles. The summed E-state index contributed by atoms with van der Waals surface area (Å²) in [5.74, 6) is 0.916. The molecule has 1 amide bonds. The van der Waals surface area contributed by atoms with E-state index in [1.807, 2.05) is 4.90 Å². The van der Waals surface area contributed by atoms with Crippen molar-refractivity contribution in [3.05, 3.63) is 6.33 Å². The van der Waals surface area contributed by atoms with Crippen molar-refractivity contribution in [2.75, 3.05) is 19.7 Å². The predicted molar refractivity (Wildman–Crippen MR) is 66.1 cm³/mol. The van der Waals surface area contributed by atoms with Gasteiger partial charge in [-0.3, -0.25) is 4.79 Å². The lowest BCUT2D eigenvalue weighted by Crippen LogP contribution is -2.46. The number of hydrogen-bond donors (Lipinski definition) is 0. The second-order valence-corrected chi connectivity index (χ2v) is 5.26. The Morgan fingerprint density at radius 2 is 2.32 bits per heavy atom. The van der Waals surface area contributed by atoms with Crippen molar-refractivity contribution in [2.24, 2.45) is 5.92 Å². The van der Waals surface area contributed by atoms with Crippen LogP contribution in [0.15, 0.2) is 6.33 Å². The normalized spacial score (nSPS) is 23.6.